The Balaban J connectivity index is 2.24. The molecule has 136 valence electrons. The molecule has 0 aliphatic carbocycles. The van der Waals surface area contributed by atoms with Gasteiger partial charge in [0.05, 0.1) is 0 Å². The molecule has 2 aromatic rings. The molecule has 1 N–H and O–H groups in total. The molecule has 25 heavy (non-hydrogen) atoms. The number of phenols is 1. The summed E-state index contributed by atoms with van der Waals surface area (Å²) in [6.07, 6.45) is 5.49. The summed E-state index contributed by atoms with van der Waals surface area (Å²) in [5, 5.41) is 9.74. The Bertz CT molecular complexity index is 669. The number of benzene rings is 2. The number of aromatic hydroxyl groups is 1. The molecule has 3 heteroatoms. The Hall–Kier alpha value is -2.00. The Labute approximate surface area is 151 Å². The third-order valence-corrected chi connectivity index (χ3v) is 4.57. The first-order chi connectivity index (χ1) is 12.0. The van der Waals surface area contributed by atoms with E-state index in [-0.39, 0.29) is 6.79 Å². The largest absolute Gasteiger partial charge is 0.508 e. The lowest BCUT2D eigenvalue weighted by Gasteiger charge is -2.15. The minimum atomic E-state index is 0.274. The van der Waals surface area contributed by atoms with Crippen molar-refractivity contribution in [3.8, 4) is 11.5 Å². The van der Waals surface area contributed by atoms with Crippen LogP contribution in [0.2, 0.25) is 0 Å². The molecule has 0 aliphatic rings. The summed E-state index contributed by atoms with van der Waals surface area (Å²) in [4.78, 5) is 0. The van der Waals surface area contributed by atoms with Crippen LogP contribution in [0.15, 0.2) is 30.3 Å². The number of hydrogen-bond donors (Lipinski definition) is 1. The summed E-state index contributed by atoms with van der Waals surface area (Å²) in [5.74, 6) is 1.25. The van der Waals surface area contributed by atoms with Crippen molar-refractivity contribution in [2.45, 2.75) is 52.9 Å². The molecule has 0 saturated heterocycles. The molecule has 0 atom stereocenters. The molecule has 0 spiro atoms. The topological polar surface area (TPSA) is 38.7 Å². The molecule has 0 amide bonds. The van der Waals surface area contributed by atoms with E-state index in [1.807, 2.05) is 12.1 Å². The molecule has 3 nitrogen and oxygen atoms in total. The van der Waals surface area contributed by atoms with Crippen LogP contribution < -0.4 is 4.74 Å². The lowest BCUT2D eigenvalue weighted by molar-refractivity contribution is 0.0504. The van der Waals surface area contributed by atoms with Gasteiger partial charge in [0.1, 0.15) is 11.5 Å². The van der Waals surface area contributed by atoms with Gasteiger partial charge in [0.15, 0.2) is 6.79 Å². The van der Waals surface area contributed by atoms with Gasteiger partial charge in [-0.05, 0) is 79.1 Å². The zero-order chi connectivity index (χ0) is 18.2. The first-order valence-corrected chi connectivity index (χ1v) is 9.07. The molecule has 0 heterocycles. The lowest BCUT2D eigenvalue weighted by Crippen LogP contribution is -2.03. The van der Waals surface area contributed by atoms with Crippen molar-refractivity contribution in [2.75, 3.05) is 13.9 Å². The molecule has 0 bridgehead atoms. The molecule has 0 aromatic heterocycles. The van der Waals surface area contributed by atoms with Crippen LogP contribution in [0.1, 0.15) is 54.0 Å². The van der Waals surface area contributed by atoms with Gasteiger partial charge in [-0.3, -0.25) is 0 Å². The van der Waals surface area contributed by atoms with Crippen LogP contribution in [0.3, 0.4) is 0 Å². The first kappa shape index (κ1) is 19.3. The van der Waals surface area contributed by atoms with Crippen molar-refractivity contribution in [2.24, 2.45) is 0 Å². The maximum atomic E-state index is 9.74. The minimum Gasteiger partial charge on any atom is -0.508 e. The first-order valence-electron chi connectivity index (χ1n) is 9.07. The van der Waals surface area contributed by atoms with Crippen LogP contribution >= 0.6 is 0 Å². The van der Waals surface area contributed by atoms with Crippen LogP contribution in [-0.4, -0.2) is 19.0 Å². The maximum Gasteiger partial charge on any atom is 0.188 e. The van der Waals surface area contributed by atoms with Crippen molar-refractivity contribution in [3.05, 3.63) is 58.1 Å². The summed E-state index contributed by atoms with van der Waals surface area (Å²) in [7, 11) is 1.64. The SMILES string of the molecule is CCCCCc1cc(Cc2c(C)cc(O)cc2C)ccc1OCOC. The van der Waals surface area contributed by atoms with E-state index >= 15 is 0 Å². The second kappa shape index (κ2) is 9.47. The molecule has 0 unspecified atom stereocenters. The number of unbranched alkanes of at least 4 members (excludes halogenated alkanes) is 2. The summed E-state index contributed by atoms with van der Waals surface area (Å²) in [5.41, 5.74) is 6.06. The van der Waals surface area contributed by atoms with Crippen molar-refractivity contribution in [1.82, 2.24) is 0 Å². The Morgan fingerprint density at radius 2 is 1.72 bits per heavy atom. The number of methoxy groups -OCH3 is 1. The predicted octanol–water partition coefficient (Wildman–Crippen LogP) is 5.32. The van der Waals surface area contributed by atoms with E-state index in [1.165, 1.54) is 36.0 Å². The third kappa shape index (κ3) is 5.50. The van der Waals surface area contributed by atoms with E-state index in [0.717, 1.165) is 29.7 Å². The number of aryl methyl sites for hydroxylation is 3. The van der Waals surface area contributed by atoms with Crippen molar-refractivity contribution in [1.29, 1.82) is 0 Å². The maximum absolute atomic E-state index is 9.74. The summed E-state index contributed by atoms with van der Waals surface area (Å²) in [6, 6.07) is 10.1. The highest BCUT2D eigenvalue weighted by Gasteiger charge is 2.10. The molecule has 2 rings (SSSR count). The summed E-state index contributed by atoms with van der Waals surface area (Å²) >= 11 is 0. The number of ether oxygens (including phenoxy) is 2. The van der Waals surface area contributed by atoms with E-state index < -0.39 is 0 Å². The van der Waals surface area contributed by atoms with Gasteiger partial charge in [-0.25, -0.2) is 0 Å². The average Bonchev–Trinajstić information content (AvgIpc) is 2.57. The zero-order valence-corrected chi connectivity index (χ0v) is 15.9. The lowest BCUT2D eigenvalue weighted by atomic mass is 9.94. The van der Waals surface area contributed by atoms with Gasteiger partial charge in [0, 0.05) is 7.11 Å². The molecule has 0 radical (unpaired) electrons. The van der Waals surface area contributed by atoms with Crippen molar-refractivity contribution < 1.29 is 14.6 Å². The summed E-state index contributed by atoms with van der Waals surface area (Å²) in [6.45, 7) is 6.60. The van der Waals surface area contributed by atoms with E-state index in [0.29, 0.717) is 5.75 Å². The minimum absolute atomic E-state index is 0.274. The van der Waals surface area contributed by atoms with Gasteiger partial charge >= 0.3 is 0 Å². The summed E-state index contributed by atoms with van der Waals surface area (Å²) < 4.78 is 10.8. The highest BCUT2D eigenvalue weighted by molar-refractivity contribution is 5.45. The zero-order valence-electron chi connectivity index (χ0n) is 15.9. The molecular formula is C22H30O3. The number of rotatable bonds is 9. The highest BCUT2D eigenvalue weighted by atomic mass is 16.7. The smallest absolute Gasteiger partial charge is 0.188 e. The molecular weight excluding hydrogens is 312 g/mol. The quantitative estimate of drug-likeness (QED) is 0.495. The van der Waals surface area contributed by atoms with Crippen molar-refractivity contribution in [3.63, 3.8) is 0 Å². The van der Waals surface area contributed by atoms with E-state index in [1.54, 1.807) is 7.11 Å². The fraction of sp³-hybridized carbons (Fsp3) is 0.455. The van der Waals surface area contributed by atoms with Crippen molar-refractivity contribution >= 4 is 0 Å². The van der Waals surface area contributed by atoms with Crippen LogP contribution in [0.25, 0.3) is 0 Å². The standard InChI is InChI=1S/C22H30O3/c1-5-6-7-8-19-13-18(9-10-22(19)25-15-24-4)14-21-16(2)11-20(23)12-17(21)3/h9-13,23H,5-8,14-15H2,1-4H3. The van der Waals surface area contributed by atoms with Gasteiger partial charge in [-0.1, -0.05) is 31.9 Å². The normalized spacial score (nSPS) is 10.9. The van der Waals surface area contributed by atoms with Gasteiger partial charge in [-0.15, -0.1) is 0 Å². The van der Waals surface area contributed by atoms with Gasteiger partial charge < -0.3 is 14.6 Å². The van der Waals surface area contributed by atoms with Crippen LogP contribution in [0.5, 0.6) is 11.5 Å². The van der Waals surface area contributed by atoms with Crippen LogP contribution in [-0.2, 0) is 17.6 Å². The molecule has 0 aliphatic heterocycles. The van der Waals surface area contributed by atoms with Gasteiger partial charge in [-0.2, -0.15) is 0 Å². The Morgan fingerprint density at radius 3 is 2.36 bits per heavy atom. The highest BCUT2D eigenvalue weighted by Crippen LogP contribution is 2.27. The van der Waals surface area contributed by atoms with Gasteiger partial charge in [0.25, 0.3) is 0 Å². The van der Waals surface area contributed by atoms with Gasteiger partial charge in [0.2, 0.25) is 0 Å². The Kier molecular flexibility index (Phi) is 7.32. The van der Waals surface area contributed by atoms with E-state index in [2.05, 4.69) is 39.0 Å². The molecule has 0 saturated carbocycles. The Morgan fingerprint density at radius 1 is 1.00 bits per heavy atom. The predicted molar refractivity (Wildman–Crippen MR) is 103 cm³/mol. The fourth-order valence-electron chi connectivity index (χ4n) is 3.22. The monoisotopic (exact) mass is 342 g/mol. The second-order valence-corrected chi connectivity index (χ2v) is 6.68. The number of phenolic OH excluding ortho intramolecular Hbond substituents is 1. The second-order valence-electron chi connectivity index (χ2n) is 6.68. The molecule has 2 aromatic carbocycles. The average molecular weight is 342 g/mol. The van der Waals surface area contributed by atoms with E-state index in [4.69, 9.17) is 9.47 Å². The third-order valence-electron chi connectivity index (χ3n) is 4.57. The number of hydrogen-bond acceptors (Lipinski definition) is 3. The molecule has 0 fully saturated rings. The van der Waals surface area contributed by atoms with Crippen LogP contribution in [0.4, 0.5) is 0 Å². The van der Waals surface area contributed by atoms with E-state index in [9.17, 15) is 5.11 Å². The van der Waals surface area contributed by atoms with Crippen LogP contribution in [0, 0.1) is 13.8 Å². The fourth-order valence-corrected chi connectivity index (χ4v) is 3.22.